The van der Waals surface area contributed by atoms with Gasteiger partial charge in [-0.1, -0.05) is 17.3 Å². The Morgan fingerprint density at radius 1 is 1.36 bits per heavy atom. The average Bonchev–Trinajstić information content (AvgIpc) is 2.93. The van der Waals surface area contributed by atoms with Crippen molar-refractivity contribution in [2.45, 2.75) is 26.4 Å². The lowest BCUT2D eigenvalue weighted by Gasteiger charge is -2.37. The summed E-state index contributed by atoms with van der Waals surface area (Å²) in [5.41, 5.74) is 1.25. The summed E-state index contributed by atoms with van der Waals surface area (Å²) >= 11 is 0. The van der Waals surface area contributed by atoms with Crippen molar-refractivity contribution in [1.82, 2.24) is 19.9 Å². The Hall–Kier alpha value is -1.79. The van der Waals surface area contributed by atoms with Crippen LogP contribution < -0.4 is 0 Å². The second-order valence-electron chi connectivity index (χ2n) is 6.06. The number of aryl methyl sites for hydroxylation is 1. The van der Waals surface area contributed by atoms with Gasteiger partial charge in [0.2, 0.25) is 11.7 Å². The van der Waals surface area contributed by atoms with Crippen molar-refractivity contribution in [3.8, 4) is 11.4 Å². The Morgan fingerprint density at radius 2 is 2.18 bits per heavy atom. The highest BCUT2D eigenvalue weighted by atomic mass is 19.1. The smallest absolute Gasteiger partial charge is 0.241 e. The molecule has 3 rings (SSSR count). The molecular formula is C16H21FN4O. The molecule has 22 heavy (non-hydrogen) atoms. The highest BCUT2D eigenvalue weighted by Gasteiger charge is 2.23. The lowest BCUT2D eigenvalue weighted by molar-refractivity contribution is 0.0837. The molecule has 0 amide bonds. The van der Waals surface area contributed by atoms with Gasteiger partial charge in [-0.2, -0.15) is 4.98 Å². The quantitative estimate of drug-likeness (QED) is 0.871. The van der Waals surface area contributed by atoms with Crippen molar-refractivity contribution in [2.75, 3.05) is 26.7 Å². The number of rotatable bonds is 3. The number of hydrogen-bond donors (Lipinski definition) is 0. The van der Waals surface area contributed by atoms with Crippen LogP contribution in [0.2, 0.25) is 0 Å². The minimum Gasteiger partial charge on any atom is -0.338 e. The van der Waals surface area contributed by atoms with Gasteiger partial charge in [0.25, 0.3) is 0 Å². The van der Waals surface area contributed by atoms with E-state index in [2.05, 4.69) is 33.9 Å². The first-order valence-electron chi connectivity index (χ1n) is 7.54. The number of aromatic nitrogens is 2. The summed E-state index contributed by atoms with van der Waals surface area (Å²) in [7, 11) is 2.13. The number of nitrogens with zero attached hydrogens (tertiary/aromatic N) is 4. The van der Waals surface area contributed by atoms with Crippen LogP contribution in [0.5, 0.6) is 0 Å². The maximum Gasteiger partial charge on any atom is 0.241 e. The minimum absolute atomic E-state index is 0.253. The van der Waals surface area contributed by atoms with Crippen LogP contribution in [0.25, 0.3) is 11.4 Å². The van der Waals surface area contributed by atoms with Crippen LogP contribution in [0, 0.1) is 12.7 Å². The first-order valence-corrected chi connectivity index (χ1v) is 7.54. The van der Waals surface area contributed by atoms with E-state index in [1.54, 1.807) is 13.0 Å². The van der Waals surface area contributed by atoms with Crippen molar-refractivity contribution < 1.29 is 8.91 Å². The van der Waals surface area contributed by atoms with E-state index in [1.165, 1.54) is 6.07 Å². The zero-order valence-electron chi connectivity index (χ0n) is 13.2. The molecule has 1 aromatic carbocycles. The lowest BCUT2D eigenvalue weighted by Crippen LogP contribution is -2.49. The zero-order valence-corrected chi connectivity index (χ0v) is 13.2. The third kappa shape index (κ3) is 3.18. The molecule has 1 aliphatic heterocycles. The monoisotopic (exact) mass is 304 g/mol. The molecule has 1 aromatic heterocycles. The molecule has 0 N–H and O–H groups in total. The summed E-state index contributed by atoms with van der Waals surface area (Å²) in [5.74, 6) is 0.764. The van der Waals surface area contributed by atoms with Crippen LogP contribution in [0.1, 0.15) is 18.4 Å². The summed E-state index contributed by atoms with van der Waals surface area (Å²) in [6, 6.07) is 5.43. The normalized spacial score (nSPS) is 20.5. The Bertz CT molecular complexity index is 657. The van der Waals surface area contributed by atoms with E-state index in [9.17, 15) is 4.39 Å². The fraction of sp³-hybridized carbons (Fsp3) is 0.500. The predicted molar refractivity (Wildman–Crippen MR) is 81.8 cm³/mol. The average molecular weight is 304 g/mol. The van der Waals surface area contributed by atoms with Crippen molar-refractivity contribution in [3.63, 3.8) is 0 Å². The zero-order chi connectivity index (χ0) is 15.7. The van der Waals surface area contributed by atoms with Crippen molar-refractivity contribution in [2.24, 2.45) is 0 Å². The third-order valence-corrected chi connectivity index (χ3v) is 4.20. The van der Waals surface area contributed by atoms with Gasteiger partial charge < -0.3 is 9.42 Å². The molecule has 6 heteroatoms. The van der Waals surface area contributed by atoms with E-state index < -0.39 is 0 Å². The van der Waals surface area contributed by atoms with E-state index in [4.69, 9.17) is 4.52 Å². The van der Waals surface area contributed by atoms with Crippen molar-refractivity contribution in [1.29, 1.82) is 0 Å². The predicted octanol–water partition coefficient (Wildman–Crippen LogP) is 2.32. The number of likely N-dealkylation sites (N-methyl/N-ethyl adjacent to an activating group) is 1. The highest BCUT2D eigenvalue weighted by molar-refractivity contribution is 5.54. The summed E-state index contributed by atoms with van der Waals surface area (Å²) in [4.78, 5) is 9.04. The Labute approximate surface area is 129 Å². The molecule has 1 aliphatic rings. The molecule has 0 unspecified atom stereocenters. The molecule has 2 heterocycles. The van der Waals surface area contributed by atoms with Crippen molar-refractivity contribution >= 4 is 0 Å². The molecular weight excluding hydrogens is 283 g/mol. The molecule has 2 aromatic rings. The molecule has 0 saturated carbocycles. The number of hydrogen-bond acceptors (Lipinski definition) is 5. The molecule has 0 aliphatic carbocycles. The standard InChI is InChI=1S/C16H21FN4O/c1-11-4-5-13(8-14(11)17)16-18-15(22-19-16)10-21-7-6-20(3)9-12(21)2/h4-5,8,12H,6-7,9-10H2,1-3H3/t12-/m0/s1. The van der Waals surface area contributed by atoms with Crippen molar-refractivity contribution in [3.05, 3.63) is 35.5 Å². The number of piperazine rings is 1. The Balaban J connectivity index is 1.72. The van der Waals surface area contributed by atoms with Crippen LogP contribution in [0.4, 0.5) is 4.39 Å². The largest absolute Gasteiger partial charge is 0.338 e. The molecule has 1 atom stereocenters. The van der Waals surface area contributed by atoms with Gasteiger partial charge in [0, 0.05) is 31.2 Å². The lowest BCUT2D eigenvalue weighted by atomic mass is 10.1. The second-order valence-corrected chi connectivity index (χ2v) is 6.06. The van der Waals surface area contributed by atoms with E-state index in [0.29, 0.717) is 35.4 Å². The van der Waals surface area contributed by atoms with E-state index in [-0.39, 0.29) is 5.82 Å². The van der Waals surface area contributed by atoms with Crippen LogP contribution in [-0.2, 0) is 6.54 Å². The molecule has 118 valence electrons. The van der Waals surface area contributed by atoms with E-state index in [0.717, 1.165) is 19.6 Å². The van der Waals surface area contributed by atoms with Gasteiger partial charge in [0.1, 0.15) is 5.82 Å². The summed E-state index contributed by atoms with van der Waals surface area (Å²) in [6.45, 7) is 7.61. The fourth-order valence-corrected chi connectivity index (χ4v) is 2.75. The molecule has 0 spiro atoms. The fourth-order valence-electron chi connectivity index (χ4n) is 2.75. The molecule has 1 saturated heterocycles. The molecule has 0 bridgehead atoms. The first kappa shape index (κ1) is 15.1. The van der Waals surface area contributed by atoms with Gasteiger partial charge in [-0.3, -0.25) is 4.90 Å². The Morgan fingerprint density at radius 3 is 2.91 bits per heavy atom. The third-order valence-electron chi connectivity index (χ3n) is 4.20. The molecule has 0 radical (unpaired) electrons. The first-order chi connectivity index (χ1) is 10.5. The maximum atomic E-state index is 13.6. The van der Waals surface area contributed by atoms with Crippen LogP contribution in [-0.4, -0.2) is 52.7 Å². The van der Waals surface area contributed by atoms with Gasteiger partial charge in [0.15, 0.2) is 0 Å². The minimum atomic E-state index is -0.253. The van der Waals surface area contributed by atoms with Gasteiger partial charge in [0.05, 0.1) is 6.54 Å². The SMILES string of the molecule is Cc1ccc(-c2noc(CN3CCN(C)C[C@@H]3C)n2)cc1F. The van der Waals surface area contributed by atoms with Crippen LogP contribution >= 0.6 is 0 Å². The van der Waals surface area contributed by atoms with Gasteiger partial charge in [-0.05, 0) is 32.5 Å². The van der Waals surface area contributed by atoms with Crippen LogP contribution in [0.15, 0.2) is 22.7 Å². The van der Waals surface area contributed by atoms with E-state index in [1.807, 2.05) is 6.07 Å². The van der Waals surface area contributed by atoms with Gasteiger partial charge in [-0.15, -0.1) is 0 Å². The molecule has 5 nitrogen and oxygen atoms in total. The summed E-state index contributed by atoms with van der Waals surface area (Å²) in [5, 5.41) is 3.97. The maximum absolute atomic E-state index is 13.6. The second kappa shape index (κ2) is 6.14. The van der Waals surface area contributed by atoms with Gasteiger partial charge in [-0.25, -0.2) is 4.39 Å². The van der Waals surface area contributed by atoms with E-state index >= 15 is 0 Å². The summed E-state index contributed by atoms with van der Waals surface area (Å²) < 4.78 is 19.0. The highest BCUT2D eigenvalue weighted by Crippen LogP contribution is 2.20. The number of halogens is 1. The molecule has 1 fully saturated rings. The Kier molecular flexibility index (Phi) is 4.22. The van der Waals surface area contributed by atoms with Gasteiger partial charge >= 0.3 is 0 Å². The summed E-state index contributed by atoms with van der Waals surface area (Å²) in [6.07, 6.45) is 0. The topological polar surface area (TPSA) is 45.4 Å². The van der Waals surface area contributed by atoms with Crippen LogP contribution in [0.3, 0.4) is 0 Å². The number of benzene rings is 1.